The van der Waals surface area contributed by atoms with Gasteiger partial charge in [-0.2, -0.15) is 13.2 Å². The van der Waals surface area contributed by atoms with Crippen LogP contribution in [0.2, 0.25) is 0 Å². The van der Waals surface area contributed by atoms with E-state index in [4.69, 9.17) is 5.73 Å². The van der Waals surface area contributed by atoms with E-state index in [1.54, 1.807) is 12.2 Å². The van der Waals surface area contributed by atoms with E-state index >= 15 is 0 Å². The van der Waals surface area contributed by atoms with Crippen molar-refractivity contribution < 1.29 is 13.2 Å². The number of nitrogens with two attached hydrogens (primary N) is 1. The van der Waals surface area contributed by atoms with Gasteiger partial charge >= 0.3 is 6.18 Å². The molecule has 1 aromatic rings. The molecule has 0 amide bonds. The second-order valence-corrected chi connectivity index (χ2v) is 3.11. The smallest absolute Gasteiger partial charge is 0.327 e. The summed E-state index contributed by atoms with van der Waals surface area (Å²) in [7, 11) is 0. The monoisotopic (exact) mass is 232 g/mol. The van der Waals surface area contributed by atoms with Crippen LogP contribution in [0.1, 0.15) is 5.56 Å². The van der Waals surface area contributed by atoms with Crippen LogP contribution in [0.25, 0.3) is 0 Å². The second-order valence-electron chi connectivity index (χ2n) is 3.11. The summed E-state index contributed by atoms with van der Waals surface area (Å²) in [5, 5.41) is 0. The summed E-state index contributed by atoms with van der Waals surface area (Å²) in [4.78, 5) is 11.2. The zero-order chi connectivity index (χ0) is 12.2. The molecule has 0 aliphatic rings. The molecule has 0 atom stereocenters. The number of hydrogen-bond acceptors (Lipinski definition) is 2. The maximum Gasteiger partial charge on any atom is 0.417 e. The summed E-state index contributed by atoms with van der Waals surface area (Å²) in [5.41, 5.74) is 3.86. The molecule has 88 valence electrons. The van der Waals surface area contributed by atoms with Crippen LogP contribution in [0, 0.1) is 0 Å². The van der Waals surface area contributed by atoms with Gasteiger partial charge in [-0.25, -0.2) is 0 Å². The van der Waals surface area contributed by atoms with Gasteiger partial charge in [-0.3, -0.25) is 4.79 Å². The highest BCUT2D eigenvalue weighted by Gasteiger charge is 2.30. The third kappa shape index (κ3) is 3.23. The molecular weight excluding hydrogens is 221 g/mol. The molecule has 0 saturated carbocycles. The minimum absolute atomic E-state index is 0.0833. The Balaban J connectivity index is 3.00. The summed E-state index contributed by atoms with van der Waals surface area (Å²) >= 11 is 0. The molecule has 1 rings (SSSR count). The quantitative estimate of drug-likeness (QED) is 0.800. The molecule has 0 radical (unpaired) electrons. The first kappa shape index (κ1) is 12.5. The minimum Gasteiger partial charge on any atom is -0.327 e. The molecule has 0 aromatic carbocycles. The van der Waals surface area contributed by atoms with Crippen molar-refractivity contribution in [3.05, 3.63) is 46.4 Å². The van der Waals surface area contributed by atoms with Gasteiger partial charge in [-0.15, -0.1) is 0 Å². The zero-order valence-corrected chi connectivity index (χ0v) is 8.37. The average Bonchev–Trinajstić information content (AvgIpc) is 2.19. The Morgan fingerprint density at radius 2 is 2.00 bits per heavy atom. The van der Waals surface area contributed by atoms with Gasteiger partial charge in [0.05, 0.1) is 5.56 Å². The fourth-order valence-electron chi connectivity index (χ4n) is 1.13. The number of aromatic nitrogens is 1. The third-order valence-corrected chi connectivity index (χ3v) is 1.92. The van der Waals surface area contributed by atoms with Crippen molar-refractivity contribution in [1.82, 2.24) is 4.57 Å². The number of pyridine rings is 1. The SMILES string of the molecule is NCC=CCn1cc(C(F)(F)F)ccc1=O. The summed E-state index contributed by atoms with van der Waals surface area (Å²) in [5.74, 6) is 0. The van der Waals surface area contributed by atoms with Gasteiger partial charge in [0.15, 0.2) is 0 Å². The number of allylic oxidation sites excluding steroid dienone is 1. The van der Waals surface area contributed by atoms with Gasteiger partial charge in [0.1, 0.15) is 0 Å². The molecule has 0 aliphatic heterocycles. The van der Waals surface area contributed by atoms with Gasteiger partial charge in [0.25, 0.3) is 5.56 Å². The predicted molar refractivity (Wildman–Crippen MR) is 53.9 cm³/mol. The molecule has 1 heterocycles. The highest BCUT2D eigenvalue weighted by Crippen LogP contribution is 2.27. The lowest BCUT2D eigenvalue weighted by Crippen LogP contribution is -2.20. The van der Waals surface area contributed by atoms with E-state index < -0.39 is 17.3 Å². The Kier molecular flexibility index (Phi) is 3.89. The molecule has 0 bridgehead atoms. The zero-order valence-electron chi connectivity index (χ0n) is 8.37. The molecule has 0 fully saturated rings. The Labute approximate surface area is 90.0 Å². The first-order valence-electron chi connectivity index (χ1n) is 4.58. The summed E-state index contributed by atoms with van der Waals surface area (Å²) in [6, 6.07) is 1.67. The second kappa shape index (κ2) is 4.98. The van der Waals surface area contributed by atoms with Gasteiger partial charge in [-0.1, -0.05) is 12.2 Å². The maximum atomic E-state index is 12.3. The standard InChI is InChI=1S/C10H11F3N2O/c11-10(12,13)8-3-4-9(16)15(7-8)6-2-1-5-14/h1-4,7H,5-6,14H2. The highest BCUT2D eigenvalue weighted by atomic mass is 19.4. The third-order valence-electron chi connectivity index (χ3n) is 1.92. The Morgan fingerprint density at radius 1 is 1.31 bits per heavy atom. The van der Waals surface area contributed by atoms with Crippen molar-refractivity contribution in [2.45, 2.75) is 12.7 Å². The molecule has 6 heteroatoms. The molecule has 0 unspecified atom stereocenters. The lowest BCUT2D eigenvalue weighted by molar-refractivity contribution is -0.138. The van der Waals surface area contributed by atoms with Crippen molar-refractivity contribution in [1.29, 1.82) is 0 Å². The molecule has 0 aliphatic carbocycles. The van der Waals surface area contributed by atoms with Crippen LogP contribution >= 0.6 is 0 Å². The first-order chi connectivity index (χ1) is 7.45. The lowest BCUT2D eigenvalue weighted by Gasteiger charge is -2.08. The topological polar surface area (TPSA) is 48.0 Å². The van der Waals surface area contributed by atoms with E-state index in [-0.39, 0.29) is 13.1 Å². The van der Waals surface area contributed by atoms with Crippen molar-refractivity contribution in [3.8, 4) is 0 Å². The van der Waals surface area contributed by atoms with E-state index in [0.717, 1.165) is 22.9 Å². The van der Waals surface area contributed by atoms with Gasteiger partial charge in [0.2, 0.25) is 0 Å². The van der Waals surface area contributed by atoms with Crippen molar-refractivity contribution >= 4 is 0 Å². The fourth-order valence-corrected chi connectivity index (χ4v) is 1.13. The van der Waals surface area contributed by atoms with Gasteiger partial charge in [0, 0.05) is 25.4 Å². The predicted octanol–water partition coefficient (Wildman–Crippen LogP) is 1.38. The first-order valence-corrected chi connectivity index (χ1v) is 4.58. The van der Waals surface area contributed by atoms with Crippen LogP contribution in [0.5, 0.6) is 0 Å². The van der Waals surface area contributed by atoms with E-state index in [2.05, 4.69) is 0 Å². The van der Waals surface area contributed by atoms with Crippen molar-refractivity contribution in [2.75, 3.05) is 6.54 Å². The van der Waals surface area contributed by atoms with Crippen LogP contribution in [0.4, 0.5) is 13.2 Å². The van der Waals surface area contributed by atoms with Crippen LogP contribution in [-0.2, 0) is 12.7 Å². The Morgan fingerprint density at radius 3 is 2.56 bits per heavy atom. The fraction of sp³-hybridized carbons (Fsp3) is 0.300. The molecule has 0 spiro atoms. The maximum absolute atomic E-state index is 12.3. The van der Waals surface area contributed by atoms with Crippen LogP contribution < -0.4 is 11.3 Å². The molecular formula is C10H11F3N2O. The number of hydrogen-bond donors (Lipinski definition) is 1. The van der Waals surface area contributed by atoms with Gasteiger partial charge in [-0.05, 0) is 6.07 Å². The average molecular weight is 232 g/mol. The van der Waals surface area contributed by atoms with E-state index in [1.807, 2.05) is 0 Å². The van der Waals surface area contributed by atoms with Crippen molar-refractivity contribution in [2.24, 2.45) is 5.73 Å². The number of rotatable bonds is 3. The summed E-state index contributed by atoms with van der Waals surface area (Å²) in [6.07, 6.45) is -0.523. The molecule has 1 aromatic heterocycles. The normalized spacial score (nSPS) is 12.2. The number of nitrogens with zero attached hydrogens (tertiary/aromatic N) is 1. The van der Waals surface area contributed by atoms with Crippen molar-refractivity contribution in [3.63, 3.8) is 0 Å². The van der Waals surface area contributed by atoms with Crippen LogP contribution in [-0.4, -0.2) is 11.1 Å². The summed E-state index contributed by atoms with van der Waals surface area (Å²) < 4.78 is 38.0. The number of halogens is 3. The Hall–Kier alpha value is -1.56. The largest absolute Gasteiger partial charge is 0.417 e. The van der Waals surface area contributed by atoms with E-state index in [9.17, 15) is 18.0 Å². The van der Waals surface area contributed by atoms with Crippen LogP contribution in [0.15, 0.2) is 35.3 Å². The molecule has 0 saturated heterocycles. The number of alkyl halides is 3. The van der Waals surface area contributed by atoms with E-state index in [1.165, 1.54) is 0 Å². The van der Waals surface area contributed by atoms with Gasteiger partial charge < -0.3 is 10.3 Å². The molecule has 3 nitrogen and oxygen atoms in total. The summed E-state index contributed by atoms with van der Waals surface area (Å²) in [6.45, 7) is 0.369. The lowest BCUT2D eigenvalue weighted by atomic mass is 10.3. The molecule has 2 N–H and O–H groups in total. The highest BCUT2D eigenvalue weighted by molar-refractivity contribution is 5.14. The minimum atomic E-state index is -4.44. The van der Waals surface area contributed by atoms with E-state index in [0.29, 0.717) is 0 Å². The Bertz CT molecular complexity index is 434. The molecule has 16 heavy (non-hydrogen) atoms. The van der Waals surface area contributed by atoms with Crippen LogP contribution in [0.3, 0.4) is 0 Å².